The van der Waals surface area contributed by atoms with E-state index in [1.807, 2.05) is 0 Å². The summed E-state index contributed by atoms with van der Waals surface area (Å²) in [5, 5.41) is 6.45. The molecule has 2 aromatic rings. The van der Waals surface area contributed by atoms with Gasteiger partial charge in [0.1, 0.15) is 18.1 Å². The Labute approximate surface area is 200 Å². The van der Waals surface area contributed by atoms with Crippen LogP contribution in [-0.2, 0) is 14.4 Å². The first kappa shape index (κ1) is 23.3. The predicted molar refractivity (Wildman–Crippen MR) is 122 cm³/mol. The van der Waals surface area contributed by atoms with E-state index >= 15 is 0 Å². The molecule has 2 bridgehead atoms. The van der Waals surface area contributed by atoms with Crippen molar-refractivity contribution in [2.24, 2.45) is 0 Å². The Morgan fingerprint density at radius 2 is 1.61 bits per heavy atom. The van der Waals surface area contributed by atoms with Gasteiger partial charge >= 0.3 is 0 Å². The minimum Gasteiger partial charge on any atom is -0.484 e. The molecule has 0 atom stereocenters. The highest BCUT2D eigenvalue weighted by molar-refractivity contribution is 6.31. The van der Waals surface area contributed by atoms with E-state index in [4.69, 9.17) is 27.9 Å². The average Bonchev–Trinajstić information content (AvgIpc) is 2.71. The SMILES string of the molecule is CC(=O)N(CC(=O)NC12CC(NC(=O)COc3ccc(Cl)c(F)c3)(C1)C2)c1ccc(Cl)cc1. The van der Waals surface area contributed by atoms with E-state index in [-0.39, 0.29) is 52.7 Å². The van der Waals surface area contributed by atoms with E-state index in [0.29, 0.717) is 30.0 Å². The Bertz CT molecular complexity index is 1090. The number of hydrogen-bond donors (Lipinski definition) is 2. The third kappa shape index (κ3) is 5.07. The Balaban J connectivity index is 1.23. The summed E-state index contributed by atoms with van der Waals surface area (Å²) in [6, 6.07) is 10.6. The van der Waals surface area contributed by atoms with Gasteiger partial charge in [-0.25, -0.2) is 4.39 Å². The fourth-order valence-corrected chi connectivity index (χ4v) is 4.83. The molecule has 7 nitrogen and oxygen atoms in total. The number of amides is 3. The maximum absolute atomic E-state index is 13.5. The lowest BCUT2D eigenvalue weighted by Crippen LogP contribution is -2.84. The lowest BCUT2D eigenvalue weighted by molar-refractivity contribution is -0.150. The Hall–Kier alpha value is -2.84. The van der Waals surface area contributed by atoms with E-state index < -0.39 is 5.82 Å². The van der Waals surface area contributed by atoms with Crippen LogP contribution in [-0.4, -0.2) is 42.0 Å². The van der Waals surface area contributed by atoms with Crippen LogP contribution in [0.1, 0.15) is 26.2 Å². The molecule has 2 aromatic carbocycles. The third-order valence-corrected chi connectivity index (χ3v) is 6.48. The van der Waals surface area contributed by atoms with Crippen LogP contribution in [0, 0.1) is 5.82 Å². The second kappa shape index (κ2) is 8.83. The number of benzene rings is 2. The zero-order valence-electron chi connectivity index (χ0n) is 17.8. The maximum atomic E-state index is 13.5. The second-order valence-electron chi connectivity index (χ2n) is 8.63. The molecule has 0 unspecified atom stereocenters. The van der Waals surface area contributed by atoms with Crippen LogP contribution in [0.4, 0.5) is 10.1 Å². The topological polar surface area (TPSA) is 87.7 Å². The van der Waals surface area contributed by atoms with Gasteiger partial charge in [-0.1, -0.05) is 23.2 Å². The van der Waals surface area contributed by atoms with Crippen molar-refractivity contribution in [1.82, 2.24) is 10.6 Å². The van der Waals surface area contributed by atoms with E-state index in [1.54, 1.807) is 24.3 Å². The van der Waals surface area contributed by atoms with Gasteiger partial charge < -0.3 is 20.3 Å². The second-order valence-corrected chi connectivity index (χ2v) is 9.48. The van der Waals surface area contributed by atoms with Crippen molar-refractivity contribution >= 4 is 46.6 Å². The molecule has 0 heterocycles. The number of nitrogens with one attached hydrogen (secondary N) is 2. The molecule has 174 valence electrons. The molecular formula is C23H22Cl2FN3O4. The first-order chi connectivity index (χ1) is 15.6. The van der Waals surface area contributed by atoms with Crippen molar-refractivity contribution in [2.75, 3.05) is 18.1 Å². The summed E-state index contributed by atoms with van der Waals surface area (Å²) in [6.07, 6.45) is 1.82. The number of carbonyl (C=O) groups excluding carboxylic acids is 3. The van der Waals surface area contributed by atoms with E-state index in [9.17, 15) is 18.8 Å². The molecule has 3 aliphatic rings. The number of rotatable bonds is 8. The van der Waals surface area contributed by atoms with Crippen molar-refractivity contribution in [1.29, 1.82) is 0 Å². The van der Waals surface area contributed by atoms with Gasteiger partial charge in [-0.15, -0.1) is 0 Å². The molecule has 10 heteroatoms. The molecule has 2 N–H and O–H groups in total. The lowest BCUT2D eigenvalue weighted by Gasteiger charge is -2.70. The fourth-order valence-electron chi connectivity index (χ4n) is 4.58. The Kier molecular flexibility index (Phi) is 6.24. The average molecular weight is 494 g/mol. The molecular weight excluding hydrogens is 472 g/mol. The minimum atomic E-state index is -0.619. The Morgan fingerprint density at radius 1 is 1.00 bits per heavy atom. The highest BCUT2D eigenvalue weighted by atomic mass is 35.5. The Morgan fingerprint density at radius 3 is 2.18 bits per heavy atom. The summed E-state index contributed by atoms with van der Waals surface area (Å²) in [5.41, 5.74) is -0.147. The van der Waals surface area contributed by atoms with E-state index in [2.05, 4.69) is 10.6 Å². The molecule has 0 saturated heterocycles. The summed E-state index contributed by atoms with van der Waals surface area (Å²) in [5.74, 6) is -1.26. The molecule has 0 aromatic heterocycles. The molecule has 3 aliphatic carbocycles. The number of halogens is 3. The highest BCUT2D eigenvalue weighted by Crippen LogP contribution is 2.60. The normalized spacial score (nSPS) is 22.4. The maximum Gasteiger partial charge on any atom is 0.258 e. The van der Waals surface area contributed by atoms with Crippen molar-refractivity contribution in [3.05, 3.63) is 58.3 Å². The van der Waals surface area contributed by atoms with Crippen molar-refractivity contribution in [2.45, 2.75) is 37.3 Å². The zero-order chi connectivity index (χ0) is 23.8. The minimum absolute atomic E-state index is 0.0207. The van der Waals surface area contributed by atoms with Gasteiger partial charge in [-0.3, -0.25) is 14.4 Å². The monoisotopic (exact) mass is 493 g/mol. The van der Waals surface area contributed by atoms with Crippen LogP contribution >= 0.6 is 23.2 Å². The van der Waals surface area contributed by atoms with Crippen molar-refractivity contribution in [3.8, 4) is 5.75 Å². The first-order valence-electron chi connectivity index (χ1n) is 10.3. The van der Waals surface area contributed by atoms with Gasteiger partial charge in [0, 0.05) is 34.8 Å². The lowest BCUT2D eigenvalue weighted by atomic mass is 9.44. The highest BCUT2D eigenvalue weighted by Gasteiger charge is 2.69. The molecule has 3 saturated carbocycles. The van der Waals surface area contributed by atoms with Gasteiger partial charge in [0.15, 0.2) is 6.61 Å². The molecule has 33 heavy (non-hydrogen) atoms. The predicted octanol–water partition coefficient (Wildman–Crippen LogP) is 3.47. The van der Waals surface area contributed by atoms with E-state index in [0.717, 1.165) is 6.07 Å². The smallest absolute Gasteiger partial charge is 0.258 e. The number of ether oxygens (including phenoxy) is 1. The summed E-state index contributed by atoms with van der Waals surface area (Å²) in [4.78, 5) is 38.2. The fraction of sp³-hybridized carbons (Fsp3) is 0.348. The van der Waals surface area contributed by atoms with Gasteiger partial charge in [0.2, 0.25) is 11.8 Å². The quantitative estimate of drug-likeness (QED) is 0.589. The standard InChI is InChI=1S/C23H22Cl2FN3O4/c1-14(30)29(16-4-2-15(24)3-5-16)9-20(31)27-22-11-23(12-22,13-22)28-21(32)10-33-17-6-7-18(25)19(26)8-17/h2-8H,9-13H2,1H3,(H,27,31)(H,28,32). The number of hydrogen-bond acceptors (Lipinski definition) is 4. The van der Waals surface area contributed by atoms with Gasteiger partial charge in [-0.2, -0.15) is 0 Å². The van der Waals surface area contributed by atoms with E-state index in [1.165, 1.54) is 24.0 Å². The summed E-state index contributed by atoms with van der Waals surface area (Å²) in [6.45, 7) is 1.04. The van der Waals surface area contributed by atoms with Crippen LogP contribution in [0.3, 0.4) is 0 Å². The zero-order valence-corrected chi connectivity index (χ0v) is 19.3. The largest absolute Gasteiger partial charge is 0.484 e. The molecule has 3 amide bonds. The third-order valence-electron chi connectivity index (χ3n) is 5.92. The molecule has 5 rings (SSSR count). The van der Waals surface area contributed by atoms with Crippen LogP contribution in [0.2, 0.25) is 10.0 Å². The van der Waals surface area contributed by atoms with Gasteiger partial charge in [0.05, 0.1) is 5.02 Å². The summed E-state index contributed by atoms with van der Waals surface area (Å²) in [7, 11) is 0. The van der Waals surface area contributed by atoms with Gasteiger partial charge in [0.25, 0.3) is 5.91 Å². The molecule has 0 aliphatic heterocycles. The summed E-state index contributed by atoms with van der Waals surface area (Å²) < 4.78 is 18.8. The number of anilines is 1. The van der Waals surface area contributed by atoms with Crippen LogP contribution < -0.4 is 20.3 Å². The van der Waals surface area contributed by atoms with Crippen LogP contribution in [0.5, 0.6) is 5.75 Å². The molecule has 0 radical (unpaired) electrons. The number of carbonyl (C=O) groups is 3. The van der Waals surface area contributed by atoms with Gasteiger partial charge in [-0.05, 0) is 55.7 Å². The number of nitrogens with zero attached hydrogens (tertiary/aromatic N) is 1. The first-order valence-corrected chi connectivity index (χ1v) is 11.1. The van der Waals surface area contributed by atoms with Crippen LogP contribution in [0.25, 0.3) is 0 Å². The molecule has 0 spiro atoms. The van der Waals surface area contributed by atoms with Crippen molar-refractivity contribution < 1.29 is 23.5 Å². The van der Waals surface area contributed by atoms with Crippen LogP contribution in [0.15, 0.2) is 42.5 Å². The summed E-state index contributed by atoms with van der Waals surface area (Å²) >= 11 is 11.5. The van der Waals surface area contributed by atoms with Crippen molar-refractivity contribution in [3.63, 3.8) is 0 Å². The molecule has 3 fully saturated rings.